The van der Waals surface area contributed by atoms with E-state index in [0.29, 0.717) is 38.2 Å². The molecule has 2 fully saturated rings. The van der Waals surface area contributed by atoms with E-state index >= 15 is 0 Å². The first kappa shape index (κ1) is 28.1. The highest BCUT2D eigenvalue weighted by molar-refractivity contribution is 7.89. The fourth-order valence-corrected chi connectivity index (χ4v) is 7.52. The summed E-state index contributed by atoms with van der Waals surface area (Å²) in [6.07, 6.45) is 1.31. The Kier molecular flexibility index (Phi) is 8.73. The Morgan fingerprint density at radius 3 is 2.02 bits per heavy atom. The van der Waals surface area contributed by atoms with E-state index in [9.17, 15) is 13.2 Å². The fraction of sp³-hybridized carbons (Fsp3) is 0.387. The van der Waals surface area contributed by atoms with Crippen molar-refractivity contribution in [2.45, 2.75) is 23.8 Å². The lowest BCUT2D eigenvalue weighted by atomic mass is 9.95. The third-order valence-corrected chi connectivity index (χ3v) is 9.83. The minimum atomic E-state index is -3.87. The lowest BCUT2D eigenvalue weighted by Gasteiger charge is -2.41. The second kappa shape index (κ2) is 12.4. The van der Waals surface area contributed by atoms with Crippen LogP contribution in [-0.2, 0) is 14.8 Å². The number of carbonyl (C=O) groups is 1. The molecule has 212 valence electrons. The molecule has 2 saturated heterocycles. The summed E-state index contributed by atoms with van der Waals surface area (Å²) in [4.78, 5) is 18.0. The first-order chi connectivity index (χ1) is 19.4. The molecule has 0 aliphatic carbocycles. The zero-order valence-corrected chi connectivity index (χ0v) is 23.9. The summed E-state index contributed by atoms with van der Waals surface area (Å²) < 4.78 is 39.3. The third kappa shape index (κ3) is 5.87. The Balaban J connectivity index is 1.27. The third-order valence-electron chi connectivity index (χ3n) is 7.94. The number of benzene rings is 3. The zero-order chi connectivity index (χ0) is 28.1. The molecule has 1 amide bonds. The van der Waals surface area contributed by atoms with Crippen LogP contribution in [0.2, 0.25) is 0 Å². The smallest absolute Gasteiger partial charge is 0.246 e. The van der Waals surface area contributed by atoms with Crippen LogP contribution in [0.15, 0.2) is 83.8 Å². The average Bonchev–Trinajstić information content (AvgIpc) is 3.02. The SMILES string of the molecule is COc1ccc(OC)c(S(=O)(=O)N2CCC[C@@H](C(=O)N3CCN(C(c4ccccc4)c4ccccc4)CC3)C2)c1. The van der Waals surface area contributed by atoms with Crippen LogP contribution in [-0.4, -0.2) is 81.9 Å². The summed E-state index contributed by atoms with van der Waals surface area (Å²) in [5, 5.41) is 0. The molecule has 0 N–H and O–H groups in total. The van der Waals surface area contributed by atoms with Crippen LogP contribution in [0.25, 0.3) is 0 Å². The van der Waals surface area contributed by atoms with Gasteiger partial charge >= 0.3 is 0 Å². The highest BCUT2D eigenvalue weighted by atomic mass is 32.2. The zero-order valence-electron chi connectivity index (χ0n) is 23.1. The summed E-state index contributed by atoms with van der Waals surface area (Å²) in [5.41, 5.74) is 2.46. The maximum absolute atomic E-state index is 13.6. The number of amides is 1. The van der Waals surface area contributed by atoms with Crippen LogP contribution in [0.3, 0.4) is 0 Å². The van der Waals surface area contributed by atoms with Crippen LogP contribution in [0.1, 0.15) is 30.0 Å². The van der Waals surface area contributed by atoms with E-state index in [1.165, 1.54) is 35.7 Å². The summed E-state index contributed by atoms with van der Waals surface area (Å²) in [7, 11) is -0.923. The summed E-state index contributed by atoms with van der Waals surface area (Å²) in [6.45, 7) is 3.25. The van der Waals surface area contributed by atoms with Crippen molar-refractivity contribution >= 4 is 15.9 Å². The summed E-state index contributed by atoms with van der Waals surface area (Å²) in [6, 6.07) is 25.8. The standard InChI is InChI=1S/C31H37N3O5S/c1-38-27-15-16-28(39-2)29(22-27)40(36,37)34-17-9-14-26(23-34)31(35)33-20-18-32(19-21-33)30(24-10-5-3-6-11-24)25-12-7-4-8-13-25/h3-8,10-13,15-16,22,26,30H,9,14,17-21,23H2,1-2H3/t26-/m1/s1. The molecule has 2 aliphatic rings. The molecule has 9 heteroatoms. The van der Waals surface area contributed by atoms with Gasteiger partial charge in [-0.2, -0.15) is 4.31 Å². The van der Waals surface area contributed by atoms with Crippen LogP contribution < -0.4 is 9.47 Å². The van der Waals surface area contributed by atoms with Crippen molar-refractivity contribution in [3.05, 3.63) is 90.0 Å². The molecule has 8 nitrogen and oxygen atoms in total. The second-order valence-electron chi connectivity index (χ2n) is 10.3. The lowest BCUT2D eigenvalue weighted by molar-refractivity contribution is -0.138. The van der Waals surface area contributed by atoms with Crippen molar-refractivity contribution < 1.29 is 22.7 Å². The van der Waals surface area contributed by atoms with Gasteiger partial charge in [-0.3, -0.25) is 9.69 Å². The minimum Gasteiger partial charge on any atom is -0.497 e. The molecule has 2 heterocycles. The average molecular weight is 564 g/mol. The van der Waals surface area contributed by atoms with Gasteiger partial charge in [0.2, 0.25) is 15.9 Å². The first-order valence-electron chi connectivity index (χ1n) is 13.8. The number of methoxy groups -OCH3 is 2. The number of carbonyl (C=O) groups excluding carboxylic acids is 1. The van der Waals surface area contributed by atoms with Crippen molar-refractivity contribution in [1.82, 2.24) is 14.1 Å². The van der Waals surface area contributed by atoms with Crippen molar-refractivity contribution in [1.29, 1.82) is 0 Å². The van der Waals surface area contributed by atoms with Crippen LogP contribution in [0, 0.1) is 5.92 Å². The Morgan fingerprint density at radius 1 is 0.825 bits per heavy atom. The largest absolute Gasteiger partial charge is 0.497 e. The van der Waals surface area contributed by atoms with Gasteiger partial charge < -0.3 is 14.4 Å². The number of sulfonamides is 1. The maximum atomic E-state index is 13.6. The Hall–Kier alpha value is -3.40. The van der Waals surface area contributed by atoms with E-state index in [2.05, 4.69) is 53.4 Å². The van der Waals surface area contributed by atoms with Gasteiger partial charge in [-0.1, -0.05) is 60.7 Å². The number of hydrogen-bond acceptors (Lipinski definition) is 6. The van der Waals surface area contributed by atoms with Gasteiger partial charge in [0.25, 0.3) is 0 Å². The van der Waals surface area contributed by atoms with Crippen LogP contribution in [0.5, 0.6) is 11.5 Å². The van der Waals surface area contributed by atoms with Gasteiger partial charge in [0.05, 0.1) is 26.2 Å². The van der Waals surface area contributed by atoms with Gasteiger partial charge in [0.15, 0.2) is 0 Å². The van der Waals surface area contributed by atoms with Crippen LogP contribution >= 0.6 is 0 Å². The molecule has 0 spiro atoms. The molecule has 3 aromatic carbocycles. The molecule has 0 bridgehead atoms. The maximum Gasteiger partial charge on any atom is 0.246 e. The van der Waals surface area contributed by atoms with Crippen molar-refractivity contribution in [3.8, 4) is 11.5 Å². The van der Waals surface area contributed by atoms with Crippen molar-refractivity contribution in [2.75, 3.05) is 53.5 Å². The molecule has 0 saturated carbocycles. The molecule has 0 unspecified atom stereocenters. The fourth-order valence-electron chi connectivity index (χ4n) is 5.83. The van der Waals surface area contributed by atoms with Gasteiger partial charge in [0, 0.05) is 45.3 Å². The molecule has 5 rings (SSSR count). The highest BCUT2D eigenvalue weighted by Crippen LogP contribution is 2.34. The molecule has 3 aromatic rings. The molecular weight excluding hydrogens is 526 g/mol. The Morgan fingerprint density at radius 2 is 1.45 bits per heavy atom. The predicted octanol–water partition coefficient (Wildman–Crippen LogP) is 4.04. The van der Waals surface area contributed by atoms with E-state index in [1.54, 1.807) is 12.1 Å². The van der Waals surface area contributed by atoms with Gasteiger partial charge in [-0.05, 0) is 36.1 Å². The van der Waals surface area contributed by atoms with E-state index in [1.807, 2.05) is 17.0 Å². The molecule has 1 atom stereocenters. The van der Waals surface area contributed by atoms with E-state index in [-0.39, 0.29) is 35.1 Å². The number of rotatable bonds is 8. The van der Waals surface area contributed by atoms with E-state index in [4.69, 9.17) is 9.47 Å². The summed E-state index contributed by atoms with van der Waals surface area (Å²) in [5.74, 6) is 0.363. The lowest BCUT2D eigenvalue weighted by Crippen LogP contribution is -2.53. The van der Waals surface area contributed by atoms with Crippen molar-refractivity contribution in [3.63, 3.8) is 0 Å². The highest BCUT2D eigenvalue weighted by Gasteiger charge is 2.38. The molecule has 0 aromatic heterocycles. The number of piperazine rings is 1. The monoisotopic (exact) mass is 563 g/mol. The Bertz CT molecular complexity index is 1350. The number of nitrogens with zero attached hydrogens (tertiary/aromatic N) is 3. The van der Waals surface area contributed by atoms with E-state index in [0.717, 1.165) is 13.1 Å². The first-order valence-corrected chi connectivity index (χ1v) is 15.2. The van der Waals surface area contributed by atoms with Gasteiger partial charge in [0.1, 0.15) is 16.4 Å². The van der Waals surface area contributed by atoms with Crippen LogP contribution in [0.4, 0.5) is 0 Å². The number of hydrogen-bond donors (Lipinski definition) is 0. The quantitative estimate of drug-likeness (QED) is 0.412. The molecule has 40 heavy (non-hydrogen) atoms. The molecular formula is C31H37N3O5S. The predicted molar refractivity (Wildman–Crippen MR) is 154 cm³/mol. The topological polar surface area (TPSA) is 79.4 Å². The normalized spacial score (nSPS) is 19.0. The molecule has 2 aliphatic heterocycles. The minimum absolute atomic E-state index is 0.0353. The molecule has 0 radical (unpaired) electrons. The number of piperidine rings is 1. The van der Waals surface area contributed by atoms with E-state index < -0.39 is 10.0 Å². The van der Waals surface area contributed by atoms with Crippen molar-refractivity contribution in [2.24, 2.45) is 5.92 Å². The second-order valence-corrected chi connectivity index (χ2v) is 12.2. The Labute approximate surface area is 237 Å². The summed E-state index contributed by atoms with van der Waals surface area (Å²) >= 11 is 0. The van der Waals surface area contributed by atoms with Gasteiger partial charge in [-0.15, -0.1) is 0 Å². The van der Waals surface area contributed by atoms with Gasteiger partial charge in [-0.25, -0.2) is 8.42 Å². The number of ether oxygens (including phenoxy) is 2.